The molecule has 1 unspecified atom stereocenters. The second-order valence-electron chi connectivity index (χ2n) is 5.19. The van der Waals surface area contributed by atoms with Gasteiger partial charge in [-0.2, -0.15) is 0 Å². The molecule has 1 aromatic rings. The normalized spacial score (nSPS) is 12.6. The van der Waals surface area contributed by atoms with Gasteiger partial charge >= 0.3 is 0 Å². The molecule has 0 aliphatic heterocycles. The van der Waals surface area contributed by atoms with Crippen LogP contribution in [0.1, 0.15) is 18.1 Å². The molecular weight excluding hydrogens is 294 g/mol. The van der Waals surface area contributed by atoms with Gasteiger partial charge in [-0.1, -0.05) is 6.08 Å². The predicted molar refractivity (Wildman–Crippen MR) is 93.2 cm³/mol. The smallest absolute Gasteiger partial charge is 0.189 e. The first kappa shape index (κ1) is 18.8. The van der Waals surface area contributed by atoms with Gasteiger partial charge in [0.25, 0.3) is 0 Å². The Kier molecular flexibility index (Phi) is 7.97. The molecule has 0 saturated carbocycles. The zero-order valence-electron chi connectivity index (χ0n) is 14.4. The number of ether oxygens (including phenoxy) is 3. The number of nitrogens with two attached hydrogens (primary N) is 1. The summed E-state index contributed by atoms with van der Waals surface area (Å²) in [6.45, 7) is 6.76. The minimum atomic E-state index is 0.102. The number of hydrogen-bond acceptors (Lipinski definition) is 4. The van der Waals surface area contributed by atoms with E-state index < -0.39 is 0 Å². The summed E-state index contributed by atoms with van der Waals surface area (Å²) < 4.78 is 15.9. The van der Waals surface area contributed by atoms with Crippen LogP contribution in [-0.2, 0) is 17.7 Å². The Bertz CT molecular complexity index is 544. The molecule has 0 aliphatic carbocycles. The van der Waals surface area contributed by atoms with Crippen LogP contribution in [0.5, 0.6) is 11.5 Å². The molecule has 0 fully saturated rings. The van der Waals surface area contributed by atoms with Crippen molar-refractivity contribution < 1.29 is 14.2 Å². The lowest BCUT2D eigenvalue weighted by Crippen LogP contribution is -2.40. The molecule has 23 heavy (non-hydrogen) atoms. The molecule has 0 amide bonds. The molecule has 0 radical (unpaired) electrons. The summed E-state index contributed by atoms with van der Waals surface area (Å²) >= 11 is 0. The Morgan fingerprint density at radius 1 is 1.35 bits per heavy atom. The largest absolute Gasteiger partial charge is 0.493 e. The summed E-state index contributed by atoms with van der Waals surface area (Å²) in [6.07, 6.45) is 2.52. The van der Waals surface area contributed by atoms with Crippen LogP contribution in [0.4, 0.5) is 0 Å². The number of benzene rings is 1. The SMILES string of the molecule is C=CCc1cc(CN=C(N)NC(C)COC)cc(OC)c1OC. The van der Waals surface area contributed by atoms with Crippen molar-refractivity contribution >= 4 is 5.96 Å². The lowest BCUT2D eigenvalue weighted by atomic mass is 10.1. The topological polar surface area (TPSA) is 78.1 Å². The second kappa shape index (κ2) is 9.74. The highest BCUT2D eigenvalue weighted by molar-refractivity contribution is 5.78. The fourth-order valence-corrected chi connectivity index (χ4v) is 2.27. The third kappa shape index (κ3) is 5.83. The van der Waals surface area contributed by atoms with E-state index in [1.165, 1.54) is 0 Å². The summed E-state index contributed by atoms with van der Waals surface area (Å²) in [7, 11) is 4.89. The van der Waals surface area contributed by atoms with Crippen molar-refractivity contribution in [2.24, 2.45) is 10.7 Å². The highest BCUT2D eigenvalue weighted by Crippen LogP contribution is 2.33. The second-order valence-corrected chi connectivity index (χ2v) is 5.19. The van der Waals surface area contributed by atoms with Crippen LogP contribution in [0, 0.1) is 0 Å². The molecule has 0 heterocycles. The lowest BCUT2D eigenvalue weighted by Gasteiger charge is -2.15. The van der Waals surface area contributed by atoms with Gasteiger partial charge < -0.3 is 25.3 Å². The van der Waals surface area contributed by atoms with Gasteiger partial charge in [0.1, 0.15) is 0 Å². The average molecular weight is 321 g/mol. The summed E-state index contributed by atoms with van der Waals surface area (Å²) in [5, 5.41) is 3.07. The van der Waals surface area contributed by atoms with Gasteiger partial charge in [-0.15, -0.1) is 6.58 Å². The van der Waals surface area contributed by atoms with Gasteiger partial charge in [-0.05, 0) is 31.0 Å². The van der Waals surface area contributed by atoms with Gasteiger partial charge in [-0.25, -0.2) is 4.99 Å². The number of nitrogens with zero attached hydrogens (tertiary/aromatic N) is 1. The Morgan fingerprint density at radius 2 is 2.09 bits per heavy atom. The van der Waals surface area contributed by atoms with Crippen molar-refractivity contribution in [2.45, 2.75) is 25.9 Å². The first-order valence-electron chi connectivity index (χ1n) is 7.45. The average Bonchev–Trinajstić information content (AvgIpc) is 2.52. The monoisotopic (exact) mass is 321 g/mol. The van der Waals surface area contributed by atoms with Crippen LogP contribution in [-0.4, -0.2) is 39.9 Å². The molecule has 6 heteroatoms. The lowest BCUT2D eigenvalue weighted by molar-refractivity contribution is 0.179. The summed E-state index contributed by atoms with van der Waals surface area (Å²) in [5.74, 6) is 1.78. The Balaban J connectivity index is 2.91. The third-order valence-electron chi connectivity index (χ3n) is 3.22. The van der Waals surface area contributed by atoms with E-state index >= 15 is 0 Å². The zero-order chi connectivity index (χ0) is 17.2. The number of aliphatic imine (C=N–C) groups is 1. The highest BCUT2D eigenvalue weighted by Gasteiger charge is 2.11. The number of allylic oxidation sites excluding steroid dienone is 1. The van der Waals surface area contributed by atoms with E-state index in [0.29, 0.717) is 31.3 Å². The van der Waals surface area contributed by atoms with Gasteiger partial charge in [0.05, 0.1) is 27.4 Å². The zero-order valence-corrected chi connectivity index (χ0v) is 14.4. The minimum Gasteiger partial charge on any atom is -0.493 e. The Labute approximate surface area is 138 Å². The molecule has 0 saturated heterocycles. The van der Waals surface area contributed by atoms with Crippen LogP contribution in [0.15, 0.2) is 29.8 Å². The number of hydrogen-bond donors (Lipinski definition) is 2. The van der Waals surface area contributed by atoms with E-state index in [1.54, 1.807) is 21.3 Å². The fraction of sp³-hybridized carbons (Fsp3) is 0.471. The van der Waals surface area contributed by atoms with Crippen molar-refractivity contribution in [2.75, 3.05) is 27.9 Å². The van der Waals surface area contributed by atoms with Crippen LogP contribution >= 0.6 is 0 Å². The van der Waals surface area contributed by atoms with Crippen molar-refractivity contribution in [3.8, 4) is 11.5 Å². The maximum atomic E-state index is 5.89. The molecule has 128 valence electrons. The maximum Gasteiger partial charge on any atom is 0.189 e. The molecule has 1 atom stereocenters. The van der Waals surface area contributed by atoms with Crippen molar-refractivity contribution in [1.29, 1.82) is 0 Å². The Morgan fingerprint density at radius 3 is 2.65 bits per heavy atom. The van der Waals surface area contributed by atoms with E-state index in [2.05, 4.69) is 16.9 Å². The van der Waals surface area contributed by atoms with Crippen molar-refractivity contribution in [3.05, 3.63) is 35.9 Å². The van der Waals surface area contributed by atoms with Crippen LogP contribution < -0.4 is 20.5 Å². The molecule has 3 N–H and O–H groups in total. The third-order valence-corrected chi connectivity index (χ3v) is 3.22. The molecule has 1 rings (SSSR count). The van der Waals surface area contributed by atoms with Gasteiger partial charge in [-0.3, -0.25) is 0 Å². The van der Waals surface area contributed by atoms with Gasteiger partial charge in [0, 0.05) is 18.7 Å². The summed E-state index contributed by atoms with van der Waals surface area (Å²) in [6, 6.07) is 4.03. The molecule has 0 spiro atoms. The van der Waals surface area contributed by atoms with Gasteiger partial charge in [0.15, 0.2) is 17.5 Å². The molecule has 0 aliphatic rings. The molecular formula is C17H27N3O3. The van der Waals surface area contributed by atoms with Crippen LogP contribution in [0.25, 0.3) is 0 Å². The summed E-state index contributed by atoms with van der Waals surface area (Å²) in [4.78, 5) is 4.35. The van der Waals surface area contributed by atoms with Crippen molar-refractivity contribution in [1.82, 2.24) is 5.32 Å². The summed E-state index contributed by atoms with van der Waals surface area (Å²) in [5.41, 5.74) is 7.88. The van der Waals surface area contributed by atoms with Gasteiger partial charge in [0.2, 0.25) is 0 Å². The predicted octanol–water partition coefficient (Wildman–Crippen LogP) is 1.87. The number of rotatable bonds is 9. The molecule has 6 nitrogen and oxygen atoms in total. The van der Waals surface area contributed by atoms with E-state index in [4.69, 9.17) is 19.9 Å². The van der Waals surface area contributed by atoms with E-state index in [-0.39, 0.29) is 6.04 Å². The van der Waals surface area contributed by atoms with Crippen molar-refractivity contribution in [3.63, 3.8) is 0 Å². The molecule has 0 bridgehead atoms. The Hall–Kier alpha value is -2.21. The van der Waals surface area contributed by atoms with E-state index in [9.17, 15) is 0 Å². The molecule has 0 aromatic heterocycles. The number of methoxy groups -OCH3 is 3. The van der Waals surface area contributed by atoms with E-state index in [0.717, 1.165) is 16.9 Å². The fourth-order valence-electron chi connectivity index (χ4n) is 2.27. The van der Waals surface area contributed by atoms with E-state index in [1.807, 2.05) is 25.1 Å². The first-order chi connectivity index (χ1) is 11.0. The number of guanidine groups is 1. The van der Waals surface area contributed by atoms with Crippen LogP contribution in [0.3, 0.4) is 0 Å². The molecule has 1 aromatic carbocycles. The first-order valence-corrected chi connectivity index (χ1v) is 7.45. The highest BCUT2D eigenvalue weighted by atomic mass is 16.5. The minimum absolute atomic E-state index is 0.102. The maximum absolute atomic E-state index is 5.89. The quantitative estimate of drug-likeness (QED) is 0.412. The van der Waals surface area contributed by atoms with Crippen LogP contribution in [0.2, 0.25) is 0 Å². The standard InChI is InChI=1S/C17H27N3O3/c1-6-7-14-8-13(9-15(22-4)16(14)23-5)10-19-17(18)20-12(2)11-21-3/h6,8-9,12H,1,7,10-11H2,2-5H3,(H3,18,19,20). The number of nitrogens with one attached hydrogen (secondary N) is 1.